The zero-order valence-corrected chi connectivity index (χ0v) is 22.5. The number of benzene rings is 3. The molecule has 3 heterocycles. The van der Waals surface area contributed by atoms with Crippen LogP contribution >= 0.6 is 0 Å². The van der Waals surface area contributed by atoms with Crippen molar-refractivity contribution in [1.29, 1.82) is 0 Å². The number of rotatable bonds is 7. The van der Waals surface area contributed by atoms with Crippen LogP contribution in [0.4, 0.5) is 4.39 Å². The number of hydrogen-bond donors (Lipinski definition) is 0. The monoisotopic (exact) mass is 545 g/mol. The van der Waals surface area contributed by atoms with Gasteiger partial charge in [0.1, 0.15) is 16.5 Å². The van der Waals surface area contributed by atoms with Crippen molar-refractivity contribution in [2.45, 2.75) is 23.2 Å². The zero-order valence-electron chi connectivity index (χ0n) is 21.7. The fraction of sp³-hybridized carbons (Fsp3) is 0.241. The summed E-state index contributed by atoms with van der Waals surface area (Å²) < 4.78 is 51.4. The van der Waals surface area contributed by atoms with Crippen molar-refractivity contribution in [3.8, 4) is 11.4 Å². The number of hydrogen-bond acceptors (Lipinski definition) is 5. The predicted octanol–water partition coefficient (Wildman–Crippen LogP) is 4.48. The lowest BCUT2D eigenvalue weighted by atomic mass is 9.74. The molecule has 39 heavy (non-hydrogen) atoms. The summed E-state index contributed by atoms with van der Waals surface area (Å²) in [7, 11) is -0.398. The topological polar surface area (TPSA) is 82.2 Å². The smallest absolute Gasteiger partial charge is 0.246 e. The van der Waals surface area contributed by atoms with E-state index in [0.29, 0.717) is 31.7 Å². The van der Waals surface area contributed by atoms with Gasteiger partial charge in [0, 0.05) is 48.8 Å². The Kier molecular flexibility index (Phi) is 6.23. The van der Waals surface area contributed by atoms with Crippen molar-refractivity contribution >= 4 is 20.9 Å². The van der Waals surface area contributed by atoms with Crippen LogP contribution in [0.5, 0.6) is 5.75 Å². The van der Waals surface area contributed by atoms with Crippen molar-refractivity contribution in [3.63, 3.8) is 0 Å². The fourth-order valence-corrected chi connectivity index (χ4v) is 7.11. The molecule has 0 spiro atoms. The lowest BCUT2D eigenvalue weighted by molar-refractivity contribution is 0.371. The van der Waals surface area contributed by atoms with Gasteiger partial charge in [0.15, 0.2) is 0 Å². The van der Waals surface area contributed by atoms with Crippen molar-refractivity contribution < 1.29 is 17.5 Å². The number of nitrogens with zero attached hydrogens (tertiary/aromatic N) is 5. The van der Waals surface area contributed by atoms with Gasteiger partial charge in [0.2, 0.25) is 10.0 Å². The molecule has 6 rings (SSSR count). The number of sulfonamides is 1. The Bertz CT molecular complexity index is 1750. The molecule has 1 aliphatic rings. The van der Waals surface area contributed by atoms with Crippen LogP contribution < -0.4 is 4.74 Å². The van der Waals surface area contributed by atoms with E-state index in [9.17, 15) is 12.8 Å². The molecule has 1 atom stereocenters. The molecule has 0 aliphatic carbocycles. The van der Waals surface area contributed by atoms with E-state index in [1.807, 2.05) is 24.3 Å². The Balaban J connectivity index is 1.46. The fourth-order valence-electron chi connectivity index (χ4n) is 5.59. The second-order valence-corrected chi connectivity index (χ2v) is 12.0. The molecule has 0 N–H and O–H groups in total. The maximum absolute atomic E-state index is 13.6. The van der Waals surface area contributed by atoms with Crippen LogP contribution in [0.2, 0.25) is 0 Å². The molecule has 5 aromatic rings. The van der Waals surface area contributed by atoms with Gasteiger partial charge in [0.05, 0.1) is 30.7 Å². The first-order chi connectivity index (χ1) is 18.8. The van der Waals surface area contributed by atoms with Crippen molar-refractivity contribution in [2.75, 3.05) is 20.2 Å². The van der Waals surface area contributed by atoms with Crippen molar-refractivity contribution in [1.82, 2.24) is 23.9 Å². The van der Waals surface area contributed by atoms with Crippen LogP contribution in [0, 0.1) is 5.82 Å². The number of aromatic nitrogens is 4. The number of halogens is 1. The van der Waals surface area contributed by atoms with Crippen molar-refractivity contribution in [3.05, 3.63) is 102 Å². The van der Waals surface area contributed by atoms with Gasteiger partial charge in [-0.2, -0.15) is 14.5 Å². The minimum absolute atomic E-state index is 0.184. The van der Waals surface area contributed by atoms with Crippen LogP contribution in [-0.4, -0.2) is 52.5 Å². The third kappa shape index (κ3) is 4.49. The van der Waals surface area contributed by atoms with E-state index in [1.165, 1.54) is 29.2 Å². The first-order valence-corrected chi connectivity index (χ1v) is 14.1. The molecule has 0 saturated carbocycles. The van der Waals surface area contributed by atoms with E-state index >= 15 is 0 Å². The predicted molar refractivity (Wildman–Crippen MR) is 146 cm³/mol. The average molecular weight is 546 g/mol. The molecule has 1 aliphatic heterocycles. The Hall–Kier alpha value is -4.02. The SMILES string of the molecule is COc1cc2c(cnn2-c2ccc(F)cc2)cc1C1(Cc2ccccc2)CCN(S(=O)(=O)c2cnn(C)c2)C1. The van der Waals surface area contributed by atoms with Crippen LogP contribution in [0.15, 0.2) is 90.2 Å². The molecule has 1 saturated heterocycles. The highest BCUT2D eigenvalue weighted by atomic mass is 32.2. The molecular formula is C29H28FN5O3S. The van der Waals surface area contributed by atoms with Gasteiger partial charge in [0.25, 0.3) is 0 Å². The summed E-state index contributed by atoms with van der Waals surface area (Å²) in [6.07, 6.45) is 5.96. The van der Waals surface area contributed by atoms with Crippen LogP contribution in [0.1, 0.15) is 17.5 Å². The molecule has 1 fully saturated rings. The first kappa shape index (κ1) is 25.3. The lowest BCUT2D eigenvalue weighted by Gasteiger charge is -2.32. The maximum Gasteiger partial charge on any atom is 0.246 e. The highest BCUT2D eigenvalue weighted by molar-refractivity contribution is 7.89. The van der Waals surface area contributed by atoms with Gasteiger partial charge in [-0.15, -0.1) is 0 Å². The molecule has 200 valence electrons. The lowest BCUT2D eigenvalue weighted by Crippen LogP contribution is -2.36. The number of methoxy groups -OCH3 is 1. The maximum atomic E-state index is 13.6. The van der Waals surface area contributed by atoms with Crippen LogP contribution in [-0.2, 0) is 28.9 Å². The third-order valence-electron chi connectivity index (χ3n) is 7.55. The van der Waals surface area contributed by atoms with Gasteiger partial charge in [-0.05, 0) is 48.7 Å². The highest BCUT2D eigenvalue weighted by Gasteiger charge is 2.46. The Morgan fingerprint density at radius 3 is 2.49 bits per heavy atom. The quantitative estimate of drug-likeness (QED) is 0.301. The van der Waals surface area contributed by atoms with E-state index in [-0.39, 0.29) is 10.7 Å². The van der Waals surface area contributed by atoms with E-state index in [2.05, 4.69) is 28.4 Å². The minimum Gasteiger partial charge on any atom is -0.496 e. The Labute approximate surface area is 226 Å². The largest absolute Gasteiger partial charge is 0.496 e. The summed E-state index contributed by atoms with van der Waals surface area (Å²) in [5, 5.41) is 9.52. The number of fused-ring (bicyclic) bond motifs is 1. The van der Waals surface area contributed by atoms with Crippen molar-refractivity contribution in [2.24, 2.45) is 7.05 Å². The van der Waals surface area contributed by atoms with Gasteiger partial charge >= 0.3 is 0 Å². The Morgan fingerprint density at radius 1 is 1.03 bits per heavy atom. The molecule has 2 aromatic heterocycles. The summed E-state index contributed by atoms with van der Waals surface area (Å²) in [6, 6.07) is 20.3. The molecule has 8 nitrogen and oxygen atoms in total. The zero-order chi connectivity index (χ0) is 27.2. The van der Waals surface area contributed by atoms with Gasteiger partial charge < -0.3 is 4.74 Å². The van der Waals surface area contributed by atoms with Gasteiger partial charge in [-0.25, -0.2) is 17.5 Å². The molecular weight excluding hydrogens is 517 g/mol. The summed E-state index contributed by atoms with van der Waals surface area (Å²) in [4.78, 5) is 0.184. The Morgan fingerprint density at radius 2 is 1.79 bits per heavy atom. The first-order valence-electron chi connectivity index (χ1n) is 12.6. The van der Waals surface area contributed by atoms with Gasteiger partial charge in [-0.1, -0.05) is 30.3 Å². The molecule has 0 amide bonds. The molecule has 1 unspecified atom stereocenters. The number of ether oxygens (including phenoxy) is 1. The van der Waals surface area contributed by atoms with Crippen LogP contribution in [0.3, 0.4) is 0 Å². The average Bonchev–Trinajstić information content (AvgIpc) is 3.68. The highest BCUT2D eigenvalue weighted by Crippen LogP contribution is 2.45. The van der Waals surface area contributed by atoms with E-state index in [4.69, 9.17) is 4.74 Å². The normalized spacial score (nSPS) is 18.1. The minimum atomic E-state index is -3.72. The van der Waals surface area contributed by atoms with E-state index < -0.39 is 15.4 Å². The summed E-state index contributed by atoms with van der Waals surface area (Å²) in [6.45, 7) is 0.674. The summed E-state index contributed by atoms with van der Waals surface area (Å²) in [5.41, 5.74) is 3.06. The number of aryl methyl sites for hydroxylation is 1. The molecule has 0 bridgehead atoms. The van der Waals surface area contributed by atoms with Gasteiger partial charge in [-0.3, -0.25) is 4.68 Å². The third-order valence-corrected chi connectivity index (χ3v) is 9.35. The van der Waals surface area contributed by atoms with Crippen LogP contribution in [0.25, 0.3) is 16.6 Å². The second-order valence-electron chi connectivity index (χ2n) is 10.0. The standard InChI is InChI=1S/C29H28FN5O3S/c1-33-19-25(18-31-33)39(36,37)34-13-12-29(20-34,16-21-6-4-3-5-7-21)26-14-22-17-32-35(27(22)15-28(26)38-2)24-10-8-23(30)9-11-24/h3-11,14-15,17-19H,12-13,16,20H2,1-2H3. The molecule has 10 heteroatoms. The summed E-state index contributed by atoms with van der Waals surface area (Å²) >= 11 is 0. The molecule has 0 radical (unpaired) electrons. The molecule has 3 aromatic carbocycles. The summed E-state index contributed by atoms with van der Waals surface area (Å²) in [5.74, 6) is 0.341. The van der Waals surface area contributed by atoms with E-state index in [1.54, 1.807) is 41.5 Å². The van der Waals surface area contributed by atoms with E-state index in [0.717, 1.165) is 27.7 Å². The second kappa shape index (κ2) is 9.62.